The van der Waals surface area contributed by atoms with Crippen molar-refractivity contribution in [2.45, 2.75) is 6.92 Å². The molecule has 98 valence electrons. The zero-order valence-corrected chi connectivity index (χ0v) is 10.9. The van der Waals surface area contributed by atoms with Crippen molar-refractivity contribution in [2.24, 2.45) is 0 Å². The minimum atomic E-state index is -0.475. The number of anilines is 1. The second-order valence-electron chi connectivity index (χ2n) is 4.12. The first kappa shape index (κ1) is 13.2. The molecule has 0 fully saturated rings. The summed E-state index contributed by atoms with van der Waals surface area (Å²) < 4.78 is 0. The summed E-state index contributed by atoms with van der Waals surface area (Å²) in [6.07, 6.45) is 0. The summed E-state index contributed by atoms with van der Waals surface area (Å²) in [5.41, 5.74) is 1.28. The molecule has 0 aliphatic rings. The fraction of sp³-hybridized carbons (Fsp3) is 0.0714. The standard InChI is InChI=1S/C14H12ClNO3/c1-8-2-4-10(7-12(8)17)16-14(19)11-5-3-9(15)6-13(11)18/h2-7,17-18H,1H3,(H,16,19). The van der Waals surface area contributed by atoms with E-state index in [-0.39, 0.29) is 17.1 Å². The minimum absolute atomic E-state index is 0.0955. The molecule has 0 aliphatic heterocycles. The van der Waals surface area contributed by atoms with E-state index < -0.39 is 5.91 Å². The molecule has 0 aliphatic carbocycles. The van der Waals surface area contributed by atoms with Gasteiger partial charge in [-0.3, -0.25) is 4.79 Å². The Morgan fingerprint density at radius 3 is 2.47 bits per heavy atom. The number of phenols is 2. The molecular weight excluding hydrogens is 266 g/mol. The second kappa shape index (κ2) is 5.20. The third kappa shape index (κ3) is 2.98. The van der Waals surface area contributed by atoms with E-state index in [4.69, 9.17) is 11.6 Å². The number of carbonyl (C=O) groups is 1. The van der Waals surface area contributed by atoms with E-state index in [1.807, 2.05) is 0 Å². The predicted molar refractivity (Wildman–Crippen MR) is 73.9 cm³/mol. The zero-order valence-electron chi connectivity index (χ0n) is 10.1. The number of aryl methyl sites for hydroxylation is 1. The van der Waals surface area contributed by atoms with Gasteiger partial charge in [0.2, 0.25) is 0 Å². The van der Waals surface area contributed by atoms with Crippen LogP contribution in [0.2, 0.25) is 5.02 Å². The van der Waals surface area contributed by atoms with Crippen LogP contribution in [-0.4, -0.2) is 16.1 Å². The number of nitrogens with one attached hydrogen (secondary N) is 1. The normalized spacial score (nSPS) is 10.2. The Morgan fingerprint density at radius 2 is 1.84 bits per heavy atom. The summed E-state index contributed by atoms with van der Waals surface area (Å²) in [4.78, 5) is 11.9. The Morgan fingerprint density at radius 1 is 1.11 bits per heavy atom. The maximum Gasteiger partial charge on any atom is 0.259 e. The summed E-state index contributed by atoms with van der Waals surface area (Å²) in [7, 11) is 0. The molecule has 19 heavy (non-hydrogen) atoms. The summed E-state index contributed by atoms with van der Waals surface area (Å²) in [6.45, 7) is 1.76. The van der Waals surface area contributed by atoms with Gasteiger partial charge in [0.15, 0.2) is 0 Å². The van der Waals surface area contributed by atoms with Gasteiger partial charge in [-0.1, -0.05) is 17.7 Å². The van der Waals surface area contributed by atoms with Crippen LogP contribution in [0.25, 0.3) is 0 Å². The molecule has 0 radical (unpaired) electrons. The van der Waals surface area contributed by atoms with Gasteiger partial charge in [0.25, 0.3) is 5.91 Å². The van der Waals surface area contributed by atoms with Crippen molar-refractivity contribution in [1.29, 1.82) is 0 Å². The lowest BCUT2D eigenvalue weighted by Gasteiger charge is -2.08. The molecule has 4 nitrogen and oxygen atoms in total. The molecule has 2 rings (SSSR count). The van der Waals surface area contributed by atoms with Crippen molar-refractivity contribution in [3.63, 3.8) is 0 Å². The Bertz CT molecular complexity index is 641. The highest BCUT2D eigenvalue weighted by Crippen LogP contribution is 2.25. The summed E-state index contributed by atoms with van der Waals surface area (Å²) in [5.74, 6) is -0.572. The van der Waals surface area contributed by atoms with Crippen molar-refractivity contribution in [1.82, 2.24) is 0 Å². The van der Waals surface area contributed by atoms with Crippen LogP contribution in [0.1, 0.15) is 15.9 Å². The van der Waals surface area contributed by atoms with Crippen LogP contribution in [-0.2, 0) is 0 Å². The largest absolute Gasteiger partial charge is 0.508 e. The average molecular weight is 278 g/mol. The Balaban J connectivity index is 2.23. The third-order valence-corrected chi connectivity index (χ3v) is 2.91. The highest BCUT2D eigenvalue weighted by molar-refractivity contribution is 6.30. The van der Waals surface area contributed by atoms with Gasteiger partial charge in [-0.15, -0.1) is 0 Å². The van der Waals surface area contributed by atoms with E-state index in [1.54, 1.807) is 19.1 Å². The molecule has 0 saturated carbocycles. The molecule has 0 saturated heterocycles. The van der Waals surface area contributed by atoms with E-state index in [2.05, 4.69) is 5.32 Å². The van der Waals surface area contributed by atoms with E-state index >= 15 is 0 Å². The zero-order chi connectivity index (χ0) is 14.0. The highest BCUT2D eigenvalue weighted by Gasteiger charge is 2.12. The summed E-state index contributed by atoms with van der Waals surface area (Å²) >= 11 is 5.70. The fourth-order valence-electron chi connectivity index (χ4n) is 1.58. The van der Waals surface area contributed by atoms with Gasteiger partial charge in [-0.05, 0) is 36.8 Å². The van der Waals surface area contributed by atoms with Gasteiger partial charge in [-0.2, -0.15) is 0 Å². The SMILES string of the molecule is Cc1ccc(NC(=O)c2ccc(Cl)cc2O)cc1O. The molecule has 0 atom stereocenters. The quantitative estimate of drug-likeness (QED) is 0.789. The number of halogens is 1. The fourth-order valence-corrected chi connectivity index (χ4v) is 1.75. The number of phenolic OH excluding ortho intramolecular Hbond substituents is 2. The van der Waals surface area contributed by atoms with Gasteiger partial charge >= 0.3 is 0 Å². The molecule has 0 heterocycles. The van der Waals surface area contributed by atoms with Crippen molar-refractivity contribution in [2.75, 3.05) is 5.32 Å². The van der Waals surface area contributed by atoms with Gasteiger partial charge < -0.3 is 15.5 Å². The van der Waals surface area contributed by atoms with Crippen molar-refractivity contribution < 1.29 is 15.0 Å². The van der Waals surface area contributed by atoms with E-state index in [9.17, 15) is 15.0 Å². The Kier molecular flexibility index (Phi) is 3.62. The van der Waals surface area contributed by atoms with Crippen molar-refractivity contribution >= 4 is 23.2 Å². The second-order valence-corrected chi connectivity index (χ2v) is 4.55. The van der Waals surface area contributed by atoms with Crippen LogP contribution in [0, 0.1) is 6.92 Å². The first-order chi connectivity index (χ1) is 8.97. The molecule has 2 aromatic carbocycles. The number of hydrogen-bond acceptors (Lipinski definition) is 3. The predicted octanol–water partition coefficient (Wildman–Crippen LogP) is 3.31. The topological polar surface area (TPSA) is 69.6 Å². The maximum atomic E-state index is 11.9. The van der Waals surface area contributed by atoms with E-state index in [0.717, 1.165) is 0 Å². The highest BCUT2D eigenvalue weighted by atomic mass is 35.5. The Hall–Kier alpha value is -2.20. The molecule has 3 N–H and O–H groups in total. The number of carbonyl (C=O) groups excluding carboxylic acids is 1. The molecule has 2 aromatic rings. The van der Waals surface area contributed by atoms with Gasteiger partial charge in [0.1, 0.15) is 11.5 Å². The molecule has 0 spiro atoms. The third-order valence-electron chi connectivity index (χ3n) is 2.67. The molecule has 0 unspecified atom stereocenters. The van der Waals surface area contributed by atoms with Crippen LogP contribution >= 0.6 is 11.6 Å². The minimum Gasteiger partial charge on any atom is -0.508 e. The Labute approximate surface area is 115 Å². The summed E-state index contributed by atoms with van der Waals surface area (Å²) in [5, 5.41) is 22.1. The first-order valence-electron chi connectivity index (χ1n) is 5.57. The number of hydrogen-bond donors (Lipinski definition) is 3. The van der Waals surface area contributed by atoms with E-state index in [1.165, 1.54) is 24.3 Å². The number of rotatable bonds is 2. The van der Waals surface area contributed by atoms with Crippen LogP contribution in [0.5, 0.6) is 11.5 Å². The maximum absolute atomic E-state index is 11.9. The summed E-state index contributed by atoms with van der Waals surface area (Å²) in [6, 6.07) is 9.04. The molecule has 1 amide bonds. The molecule has 5 heteroatoms. The number of benzene rings is 2. The molecule has 0 bridgehead atoms. The van der Waals surface area contributed by atoms with Gasteiger partial charge in [0.05, 0.1) is 5.56 Å². The van der Waals surface area contributed by atoms with E-state index in [0.29, 0.717) is 16.3 Å². The number of amides is 1. The lowest BCUT2D eigenvalue weighted by atomic mass is 10.1. The lowest BCUT2D eigenvalue weighted by Crippen LogP contribution is -2.12. The first-order valence-corrected chi connectivity index (χ1v) is 5.94. The number of aromatic hydroxyl groups is 2. The van der Waals surface area contributed by atoms with Crippen LogP contribution in [0.4, 0.5) is 5.69 Å². The van der Waals surface area contributed by atoms with Crippen molar-refractivity contribution in [3.05, 3.63) is 52.5 Å². The monoisotopic (exact) mass is 277 g/mol. The molecular formula is C14H12ClNO3. The van der Waals surface area contributed by atoms with Crippen LogP contribution in [0.3, 0.4) is 0 Å². The van der Waals surface area contributed by atoms with Gasteiger partial charge in [-0.25, -0.2) is 0 Å². The lowest BCUT2D eigenvalue weighted by molar-refractivity contribution is 0.102. The average Bonchev–Trinajstić information content (AvgIpc) is 2.33. The smallest absolute Gasteiger partial charge is 0.259 e. The van der Waals surface area contributed by atoms with Gasteiger partial charge in [0, 0.05) is 16.8 Å². The van der Waals surface area contributed by atoms with Crippen molar-refractivity contribution in [3.8, 4) is 11.5 Å². The van der Waals surface area contributed by atoms with Crippen LogP contribution < -0.4 is 5.32 Å². The van der Waals surface area contributed by atoms with Crippen LogP contribution in [0.15, 0.2) is 36.4 Å². The molecule has 0 aromatic heterocycles.